The first-order valence-corrected chi connectivity index (χ1v) is 2.98. The molecule has 56 valence electrons. The van der Waals surface area contributed by atoms with Crippen molar-refractivity contribution in [3.8, 4) is 0 Å². The average molecular weight is 152 g/mol. The van der Waals surface area contributed by atoms with Crippen molar-refractivity contribution in [1.29, 1.82) is 0 Å². The molecule has 0 bridgehead atoms. The van der Waals surface area contributed by atoms with Crippen LogP contribution in [0.25, 0.3) is 11.1 Å². The normalized spacial score (nSPS) is 10.5. The highest BCUT2D eigenvalue weighted by molar-refractivity contribution is 5.70. The molecule has 2 aromatic heterocycles. The van der Waals surface area contributed by atoms with Crippen molar-refractivity contribution in [2.45, 2.75) is 0 Å². The van der Waals surface area contributed by atoms with E-state index >= 15 is 0 Å². The van der Waals surface area contributed by atoms with Crippen molar-refractivity contribution in [2.24, 2.45) is 0 Å². The molecule has 0 amide bonds. The van der Waals surface area contributed by atoms with Gasteiger partial charge in [-0.2, -0.15) is 0 Å². The SMILES string of the molecule is O=c1ccc2c(=O)[nH][nH]c2o1. The molecule has 2 N–H and O–H groups in total. The van der Waals surface area contributed by atoms with Gasteiger partial charge in [0.1, 0.15) is 5.39 Å². The molecule has 0 aromatic carbocycles. The molecule has 0 saturated carbocycles. The number of aromatic nitrogens is 2. The minimum Gasteiger partial charge on any atom is -0.404 e. The lowest BCUT2D eigenvalue weighted by Crippen LogP contribution is -1.99. The summed E-state index contributed by atoms with van der Waals surface area (Å²) in [5.74, 6) is 0. The smallest absolute Gasteiger partial charge is 0.337 e. The number of hydrogen-bond donors (Lipinski definition) is 2. The highest BCUT2D eigenvalue weighted by Crippen LogP contribution is 1.99. The van der Waals surface area contributed by atoms with Crippen LogP contribution in [-0.2, 0) is 0 Å². The van der Waals surface area contributed by atoms with E-state index in [1.54, 1.807) is 0 Å². The van der Waals surface area contributed by atoms with Gasteiger partial charge in [0, 0.05) is 6.07 Å². The van der Waals surface area contributed by atoms with Crippen LogP contribution >= 0.6 is 0 Å². The quantitative estimate of drug-likeness (QED) is 0.549. The summed E-state index contributed by atoms with van der Waals surface area (Å²) >= 11 is 0. The first-order chi connectivity index (χ1) is 5.27. The molecule has 2 aromatic rings. The fourth-order valence-corrected chi connectivity index (χ4v) is 0.869. The fraction of sp³-hybridized carbons (Fsp3) is 0. The Labute approximate surface area is 59.6 Å². The van der Waals surface area contributed by atoms with E-state index in [2.05, 4.69) is 14.6 Å². The Hall–Kier alpha value is -1.78. The van der Waals surface area contributed by atoms with Gasteiger partial charge in [-0.1, -0.05) is 0 Å². The van der Waals surface area contributed by atoms with Crippen molar-refractivity contribution < 1.29 is 4.42 Å². The Kier molecular flexibility index (Phi) is 1.00. The Morgan fingerprint density at radius 2 is 2.00 bits per heavy atom. The molecule has 0 unspecified atom stereocenters. The summed E-state index contributed by atoms with van der Waals surface area (Å²) in [4.78, 5) is 21.4. The van der Waals surface area contributed by atoms with Gasteiger partial charge in [-0.25, -0.2) is 4.79 Å². The second kappa shape index (κ2) is 1.85. The van der Waals surface area contributed by atoms with E-state index in [9.17, 15) is 9.59 Å². The van der Waals surface area contributed by atoms with Crippen LogP contribution in [0.2, 0.25) is 0 Å². The summed E-state index contributed by atoms with van der Waals surface area (Å²) in [6.45, 7) is 0. The van der Waals surface area contributed by atoms with Crippen molar-refractivity contribution in [3.05, 3.63) is 32.9 Å². The van der Waals surface area contributed by atoms with Gasteiger partial charge in [0.05, 0.1) is 0 Å². The molecule has 5 nitrogen and oxygen atoms in total. The molecule has 0 aliphatic rings. The maximum Gasteiger partial charge on any atom is 0.337 e. The van der Waals surface area contributed by atoms with Crippen molar-refractivity contribution in [1.82, 2.24) is 10.2 Å². The molecular formula is C6H4N2O3. The second-order valence-corrected chi connectivity index (χ2v) is 2.08. The number of fused-ring (bicyclic) bond motifs is 1. The van der Waals surface area contributed by atoms with Crippen LogP contribution in [0, 0.1) is 0 Å². The monoisotopic (exact) mass is 152 g/mol. The zero-order chi connectivity index (χ0) is 7.84. The third-order valence-electron chi connectivity index (χ3n) is 1.37. The molecule has 2 heterocycles. The predicted octanol–water partition coefficient (Wildman–Crippen LogP) is -0.191. The highest BCUT2D eigenvalue weighted by atomic mass is 16.4. The zero-order valence-electron chi connectivity index (χ0n) is 5.38. The predicted molar refractivity (Wildman–Crippen MR) is 37.5 cm³/mol. The number of aromatic amines is 2. The zero-order valence-corrected chi connectivity index (χ0v) is 5.38. The van der Waals surface area contributed by atoms with Crippen LogP contribution in [0.5, 0.6) is 0 Å². The molecular weight excluding hydrogens is 148 g/mol. The van der Waals surface area contributed by atoms with Crippen LogP contribution in [-0.4, -0.2) is 10.2 Å². The van der Waals surface area contributed by atoms with E-state index in [4.69, 9.17) is 0 Å². The number of hydrogen-bond acceptors (Lipinski definition) is 3. The van der Waals surface area contributed by atoms with E-state index in [1.807, 2.05) is 0 Å². The lowest BCUT2D eigenvalue weighted by Gasteiger charge is -1.80. The largest absolute Gasteiger partial charge is 0.404 e. The van der Waals surface area contributed by atoms with Gasteiger partial charge in [0.2, 0.25) is 5.71 Å². The Balaban J connectivity index is 3.08. The Morgan fingerprint density at radius 1 is 1.18 bits per heavy atom. The van der Waals surface area contributed by atoms with Gasteiger partial charge in [-0.15, -0.1) is 0 Å². The van der Waals surface area contributed by atoms with E-state index in [-0.39, 0.29) is 11.3 Å². The lowest BCUT2D eigenvalue weighted by atomic mass is 10.4. The summed E-state index contributed by atoms with van der Waals surface area (Å²) in [6.07, 6.45) is 0. The summed E-state index contributed by atoms with van der Waals surface area (Å²) in [5.41, 5.74) is -0.584. The first kappa shape index (κ1) is 5.96. The Bertz CT molecular complexity index is 490. The molecule has 0 atom stereocenters. The molecule has 0 radical (unpaired) electrons. The van der Waals surface area contributed by atoms with E-state index in [1.165, 1.54) is 12.1 Å². The highest BCUT2D eigenvalue weighted by Gasteiger charge is 2.00. The number of H-pyrrole nitrogens is 2. The molecule has 0 fully saturated rings. The molecule has 0 aliphatic heterocycles. The molecule has 0 aliphatic carbocycles. The van der Waals surface area contributed by atoms with Crippen LogP contribution in [0.1, 0.15) is 0 Å². The topological polar surface area (TPSA) is 78.9 Å². The van der Waals surface area contributed by atoms with E-state index in [0.717, 1.165) is 0 Å². The van der Waals surface area contributed by atoms with Gasteiger partial charge in [-0.05, 0) is 6.07 Å². The van der Waals surface area contributed by atoms with E-state index in [0.29, 0.717) is 5.39 Å². The number of rotatable bonds is 0. The lowest BCUT2D eigenvalue weighted by molar-refractivity contribution is 0.548. The molecule has 11 heavy (non-hydrogen) atoms. The number of nitrogens with one attached hydrogen (secondary N) is 2. The third kappa shape index (κ3) is 0.778. The third-order valence-corrected chi connectivity index (χ3v) is 1.37. The van der Waals surface area contributed by atoms with Gasteiger partial charge in [0.25, 0.3) is 5.56 Å². The standard InChI is InChI=1S/C6H4N2O3/c9-4-2-1-3-5(10)7-8-6(3)11-4/h1-2H,(H2,7,8,10). The maximum atomic E-state index is 10.8. The van der Waals surface area contributed by atoms with Crippen LogP contribution in [0.3, 0.4) is 0 Å². The molecule has 5 heteroatoms. The van der Waals surface area contributed by atoms with Gasteiger partial charge in [0.15, 0.2) is 0 Å². The van der Waals surface area contributed by atoms with Gasteiger partial charge >= 0.3 is 5.63 Å². The van der Waals surface area contributed by atoms with E-state index < -0.39 is 5.63 Å². The Morgan fingerprint density at radius 3 is 2.82 bits per heavy atom. The van der Waals surface area contributed by atoms with Crippen LogP contribution in [0.15, 0.2) is 26.1 Å². The van der Waals surface area contributed by atoms with Crippen molar-refractivity contribution in [2.75, 3.05) is 0 Å². The first-order valence-electron chi connectivity index (χ1n) is 2.98. The summed E-state index contributed by atoms with van der Waals surface area (Å²) in [5, 5.41) is 5.07. The summed E-state index contributed by atoms with van der Waals surface area (Å²) in [7, 11) is 0. The van der Waals surface area contributed by atoms with Gasteiger partial charge < -0.3 is 4.42 Å². The molecule has 0 spiro atoms. The van der Waals surface area contributed by atoms with Crippen molar-refractivity contribution >= 4 is 11.1 Å². The molecule has 0 saturated heterocycles. The average Bonchev–Trinajstić information content (AvgIpc) is 2.32. The van der Waals surface area contributed by atoms with Gasteiger partial charge in [-0.3, -0.25) is 15.0 Å². The summed E-state index contributed by atoms with van der Waals surface area (Å²) < 4.78 is 4.64. The van der Waals surface area contributed by atoms with Crippen LogP contribution < -0.4 is 11.2 Å². The van der Waals surface area contributed by atoms with Crippen LogP contribution in [0.4, 0.5) is 0 Å². The fourth-order valence-electron chi connectivity index (χ4n) is 0.869. The molecule has 2 rings (SSSR count). The second-order valence-electron chi connectivity index (χ2n) is 2.08. The van der Waals surface area contributed by atoms with Crippen molar-refractivity contribution in [3.63, 3.8) is 0 Å². The minimum absolute atomic E-state index is 0.183. The maximum absolute atomic E-state index is 10.8. The minimum atomic E-state index is -0.479. The summed E-state index contributed by atoms with van der Waals surface area (Å²) in [6, 6.07) is 2.61.